The Morgan fingerprint density at radius 3 is 2.28 bits per heavy atom. The van der Waals surface area contributed by atoms with Gasteiger partial charge in [0.1, 0.15) is 0 Å². The van der Waals surface area contributed by atoms with Crippen molar-refractivity contribution in [3.63, 3.8) is 0 Å². The highest BCUT2D eigenvalue weighted by molar-refractivity contribution is 7.12. The number of thiophene rings is 1. The highest BCUT2D eigenvalue weighted by atomic mass is 32.1. The Bertz CT molecular complexity index is 1050. The maximum absolute atomic E-state index is 12.2. The molecule has 0 aliphatic heterocycles. The van der Waals surface area contributed by atoms with E-state index in [0.717, 1.165) is 11.1 Å². The molecule has 0 radical (unpaired) electrons. The summed E-state index contributed by atoms with van der Waals surface area (Å²) in [6, 6.07) is 15.8. The first kappa shape index (κ1) is 20.3. The molecule has 3 N–H and O–H groups in total. The van der Waals surface area contributed by atoms with E-state index in [-0.39, 0.29) is 24.3 Å². The fraction of sp³-hybridized carbons (Fsp3) is 0.136. The van der Waals surface area contributed by atoms with E-state index in [4.69, 9.17) is 0 Å². The van der Waals surface area contributed by atoms with E-state index in [9.17, 15) is 14.4 Å². The average Bonchev–Trinajstić information content (AvgIpc) is 3.23. The van der Waals surface area contributed by atoms with Gasteiger partial charge in [-0.3, -0.25) is 14.4 Å². The van der Waals surface area contributed by atoms with Gasteiger partial charge in [-0.25, -0.2) is 0 Å². The summed E-state index contributed by atoms with van der Waals surface area (Å²) in [6.45, 7) is 3.75. The first-order valence-corrected chi connectivity index (χ1v) is 9.90. The molecule has 0 fully saturated rings. The number of benzene rings is 2. The number of aryl methyl sites for hydroxylation is 2. The third kappa shape index (κ3) is 5.52. The predicted octanol–water partition coefficient (Wildman–Crippen LogP) is 3.99. The molecular weight excluding hydrogens is 386 g/mol. The van der Waals surface area contributed by atoms with E-state index >= 15 is 0 Å². The van der Waals surface area contributed by atoms with Crippen molar-refractivity contribution in [2.24, 2.45) is 0 Å². The van der Waals surface area contributed by atoms with Crippen molar-refractivity contribution in [2.75, 3.05) is 17.2 Å². The highest BCUT2D eigenvalue weighted by Crippen LogP contribution is 2.17. The third-order valence-corrected chi connectivity index (χ3v) is 5.20. The molecule has 0 atom stereocenters. The number of hydrogen-bond donors (Lipinski definition) is 3. The molecule has 0 aliphatic carbocycles. The van der Waals surface area contributed by atoms with Crippen LogP contribution in [0.3, 0.4) is 0 Å². The molecule has 3 aromatic rings. The van der Waals surface area contributed by atoms with E-state index in [2.05, 4.69) is 16.0 Å². The van der Waals surface area contributed by atoms with Crippen LogP contribution < -0.4 is 16.0 Å². The SMILES string of the molecule is Cc1ccc(C(=O)NCC(=O)Nc2cccc(NC(=O)c3cccs3)c2)cc1C. The Morgan fingerprint density at radius 1 is 0.828 bits per heavy atom. The van der Waals surface area contributed by atoms with Gasteiger partial charge in [-0.2, -0.15) is 0 Å². The summed E-state index contributed by atoms with van der Waals surface area (Å²) in [5, 5.41) is 9.95. The molecule has 0 spiro atoms. The summed E-state index contributed by atoms with van der Waals surface area (Å²) in [5.74, 6) is -0.867. The molecule has 0 bridgehead atoms. The summed E-state index contributed by atoms with van der Waals surface area (Å²) in [6.07, 6.45) is 0. The highest BCUT2D eigenvalue weighted by Gasteiger charge is 2.10. The van der Waals surface area contributed by atoms with E-state index in [1.807, 2.05) is 31.4 Å². The standard InChI is InChI=1S/C22H21N3O3S/c1-14-8-9-16(11-15(14)2)21(27)23-13-20(26)24-17-5-3-6-18(12-17)25-22(28)19-7-4-10-29-19/h3-12H,13H2,1-2H3,(H,23,27)(H,24,26)(H,25,28). The van der Waals surface area contributed by atoms with E-state index in [0.29, 0.717) is 21.8 Å². The molecule has 3 amide bonds. The number of carbonyl (C=O) groups excluding carboxylic acids is 3. The van der Waals surface area contributed by atoms with Gasteiger partial charge < -0.3 is 16.0 Å². The summed E-state index contributed by atoms with van der Waals surface area (Å²) >= 11 is 1.35. The van der Waals surface area contributed by atoms with Crippen LogP contribution in [0, 0.1) is 13.8 Å². The second-order valence-electron chi connectivity index (χ2n) is 6.54. The van der Waals surface area contributed by atoms with Gasteiger partial charge in [0.05, 0.1) is 11.4 Å². The van der Waals surface area contributed by atoms with E-state index in [1.54, 1.807) is 42.5 Å². The van der Waals surface area contributed by atoms with Crippen LogP contribution in [0.25, 0.3) is 0 Å². The average molecular weight is 407 g/mol. The maximum Gasteiger partial charge on any atom is 0.265 e. The lowest BCUT2D eigenvalue weighted by Gasteiger charge is -2.10. The molecule has 148 valence electrons. The van der Waals surface area contributed by atoms with Crippen molar-refractivity contribution in [3.05, 3.63) is 81.5 Å². The van der Waals surface area contributed by atoms with Crippen LogP contribution in [0.5, 0.6) is 0 Å². The lowest BCUT2D eigenvalue weighted by atomic mass is 10.1. The largest absolute Gasteiger partial charge is 0.343 e. The molecule has 3 rings (SSSR count). The van der Waals surface area contributed by atoms with Crippen molar-refractivity contribution in [1.29, 1.82) is 0 Å². The first-order valence-electron chi connectivity index (χ1n) is 9.02. The second kappa shape index (κ2) is 9.16. The van der Waals surface area contributed by atoms with Crippen molar-refractivity contribution < 1.29 is 14.4 Å². The van der Waals surface area contributed by atoms with Crippen LogP contribution in [0.15, 0.2) is 60.0 Å². The zero-order valence-electron chi connectivity index (χ0n) is 16.1. The van der Waals surface area contributed by atoms with E-state index in [1.165, 1.54) is 11.3 Å². The number of anilines is 2. The maximum atomic E-state index is 12.2. The molecule has 0 unspecified atom stereocenters. The minimum atomic E-state index is -0.357. The number of hydrogen-bond acceptors (Lipinski definition) is 4. The topological polar surface area (TPSA) is 87.3 Å². The fourth-order valence-electron chi connectivity index (χ4n) is 2.63. The van der Waals surface area contributed by atoms with Gasteiger partial charge in [0.2, 0.25) is 5.91 Å². The van der Waals surface area contributed by atoms with Gasteiger partial charge in [-0.15, -0.1) is 11.3 Å². The lowest BCUT2D eigenvalue weighted by Crippen LogP contribution is -2.32. The Balaban J connectivity index is 1.54. The summed E-state index contributed by atoms with van der Waals surface area (Å²) in [7, 11) is 0. The number of carbonyl (C=O) groups is 3. The van der Waals surface area contributed by atoms with Gasteiger partial charge in [0, 0.05) is 16.9 Å². The fourth-order valence-corrected chi connectivity index (χ4v) is 3.24. The Morgan fingerprint density at radius 2 is 1.59 bits per heavy atom. The van der Waals surface area contributed by atoms with Crippen LogP contribution in [-0.4, -0.2) is 24.3 Å². The third-order valence-electron chi connectivity index (χ3n) is 4.33. The minimum Gasteiger partial charge on any atom is -0.343 e. The van der Waals surface area contributed by atoms with E-state index < -0.39 is 0 Å². The molecule has 0 saturated heterocycles. The Hall–Kier alpha value is -3.45. The van der Waals surface area contributed by atoms with Gasteiger partial charge in [-0.1, -0.05) is 18.2 Å². The zero-order valence-corrected chi connectivity index (χ0v) is 16.9. The predicted molar refractivity (Wildman–Crippen MR) is 116 cm³/mol. The summed E-state index contributed by atoms with van der Waals surface area (Å²) in [4.78, 5) is 37.1. The second-order valence-corrected chi connectivity index (χ2v) is 7.49. The molecule has 29 heavy (non-hydrogen) atoms. The lowest BCUT2D eigenvalue weighted by molar-refractivity contribution is -0.115. The molecule has 0 aliphatic rings. The van der Waals surface area contributed by atoms with Crippen LogP contribution in [0.2, 0.25) is 0 Å². The van der Waals surface area contributed by atoms with Crippen LogP contribution in [-0.2, 0) is 4.79 Å². The van der Waals surface area contributed by atoms with Crippen LogP contribution >= 0.6 is 11.3 Å². The minimum absolute atomic E-state index is 0.155. The van der Waals surface area contributed by atoms with Crippen LogP contribution in [0.1, 0.15) is 31.2 Å². The molecule has 1 aromatic heterocycles. The molecule has 2 aromatic carbocycles. The van der Waals surface area contributed by atoms with Gasteiger partial charge >= 0.3 is 0 Å². The van der Waals surface area contributed by atoms with Crippen molar-refractivity contribution in [2.45, 2.75) is 13.8 Å². The zero-order chi connectivity index (χ0) is 20.8. The molecule has 0 saturated carbocycles. The molecular formula is C22H21N3O3S. The molecule has 1 heterocycles. The summed E-state index contributed by atoms with van der Waals surface area (Å²) < 4.78 is 0. The number of rotatable bonds is 6. The monoisotopic (exact) mass is 407 g/mol. The van der Waals surface area contributed by atoms with Crippen LogP contribution in [0.4, 0.5) is 11.4 Å². The van der Waals surface area contributed by atoms with Crippen molar-refractivity contribution in [1.82, 2.24) is 5.32 Å². The van der Waals surface area contributed by atoms with Crippen molar-refractivity contribution >= 4 is 40.4 Å². The molecule has 7 heteroatoms. The van der Waals surface area contributed by atoms with Gasteiger partial charge in [-0.05, 0) is 66.8 Å². The Kier molecular flexibility index (Phi) is 6.41. The molecule has 6 nitrogen and oxygen atoms in total. The number of amides is 3. The van der Waals surface area contributed by atoms with Gasteiger partial charge in [0.15, 0.2) is 0 Å². The normalized spacial score (nSPS) is 10.3. The van der Waals surface area contributed by atoms with Gasteiger partial charge in [0.25, 0.3) is 11.8 Å². The smallest absolute Gasteiger partial charge is 0.265 e. The van der Waals surface area contributed by atoms with Crippen molar-refractivity contribution in [3.8, 4) is 0 Å². The first-order chi connectivity index (χ1) is 13.9. The Labute approximate surface area is 173 Å². The summed E-state index contributed by atoms with van der Waals surface area (Å²) in [5.41, 5.74) is 3.73. The quantitative estimate of drug-likeness (QED) is 0.577. The number of nitrogens with one attached hydrogen (secondary N) is 3.